The summed E-state index contributed by atoms with van der Waals surface area (Å²) in [4.78, 5) is 0. The van der Waals surface area contributed by atoms with Gasteiger partial charge in [0.05, 0.1) is 5.60 Å². The molecule has 0 spiro atoms. The van der Waals surface area contributed by atoms with Crippen LogP contribution in [0.1, 0.15) is 79.6 Å². The quantitative estimate of drug-likeness (QED) is 0.329. The van der Waals surface area contributed by atoms with Gasteiger partial charge in [0, 0.05) is 13.2 Å². The van der Waals surface area contributed by atoms with E-state index >= 15 is 0 Å². The fourth-order valence-corrected chi connectivity index (χ4v) is 5.57. The first kappa shape index (κ1) is 27.5. The summed E-state index contributed by atoms with van der Waals surface area (Å²) in [5.41, 5.74) is 11.7. The predicted molar refractivity (Wildman–Crippen MR) is 115 cm³/mol. The molecule has 0 fully saturated rings. The first-order chi connectivity index (χ1) is 12.0. The highest BCUT2D eigenvalue weighted by atomic mass is 28.3. The van der Waals surface area contributed by atoms with Gasteiger partial charge in [0.2, 0.25) is 0 Å². The van der Waals surface area contributed by atoms with Crippen molar-refractivity contribution in [1.29, 1.82) is 0 Å². The van der Waals surface area contributed by atoms with E-state index in [9.17, 15) is 0 Å². The van der Waals surface area contributed by atoms with Crippen molar-refractivity contribution < 1.29 is 13.3 Å². The number of nitrogens with two attached hydrogens (primary N) is 2. The molecule has 0 aliphatic rings. The summed E-state index contributed by atoms with van der Waals surface area (Å²) < 4.78 is 16.9. The van der Waals surface area contributed by atoms with Gasteiger partial charge in [0.1, 0.15) is 10.5 Å². The van der Waals surface area contributed by atoms with Gasteiger partial charge in [-0.05, 0) is 77.4 Å². The summed E-state index contributed by atoms with van der Waals surface area (Å²) in [7, 11) is -0.563. The van der Waals surface area contributed by atoms with Crippen molar-refractivity contribution in [3.8, 4) is 0 Å². The van der Waals surface area contributed by atoms with Crippen LogP contribution in [-0.4, -0.2) is 51.7 Å². The van der Waals surface area contributed by atoms with Gasteiger partial charge < -0.3 is 24.7 Å². The van der Waals surface area contributed by atoms with Crippen LogP contribution in [0, 0.1) is 0 Å². The summed E-state index contributed by atoms with van der Waals surface area (Å²) in [6.45, 7) is 13.8. The Morgan fingerprint density at radius 1 is 0.920 bits per heavy atom. The van der Waals surface area contributed by atoms with E-state index in [2.05, 4.69) is 20.8 Å². The fraction of sp³-hybridized carbons (Fsp3) is 1.00. The Labute approximate surface area is 161 Å². The molecule has 0 aliphatic heterocycles. The molecule has 0 amide bonds. The van der Waals surface area contributed by atoms with Crippen LogP contribution < -0.4 is 11.5 Å². The molecule has 1 atom stereocenters. The summed E-state index contributed by atoms with van der Waals surface area (Å²) in [5.74, 6) is 0. The molecule has 0 heterocycles. The number of hydrogen-bond acceptors (Lipinski definition) is 5. The second-order valence-corrected chi connectivity index (χ2v) is 9.48. The maximum absolute atomic E-state index is 5.68. The summed E-state index contributed by atoms with van der Waals surface area (Å²) >= 11 is 0. The third-order valence-corrected chi connectivity index (χ3v) is 8.25. The van der Waals surface area contributed by atoms with Gasteiger partial charge in [-0.1, -0.05) is 20.8 Å². The second-order valence-electron chi connectivity index (χ2n) is 6.53. The van der Waals surface area contributed by atoms with E-state index in [1.165, 1.54) is 12.8 Å². The van der Waals surface area contributed by atoms with Crippen molar-refractivity contribution >= 4 is 19.8 Å². The number of hydrogen-bond donors (Lipinski definition) is 2. The smallest absolute Gasteiger partial charge is 0.324 e. The molecule has 4 N–H and O–H groups in total. The molecular formula is C18H46N2O3Si2. The summed E-state index contributed by atoms with van der Waals surface area (Å²) in [5, 5.41) is 0. The van der Waals surface area contributed by atoms with Gasteiger partial charge in [-0.25, -0.2) is 0 Å². The summed E-state index contributed by atoms with van der Waals surface area (Å²) in [6.07, 6.45) is 8.00. The van der Waals surface area contributed by atoms with Crippen molar-refractivity contribution in [2.45, 2.75) is 90.7 Å². The van der Waals surface area contributed by atoms with Gasteiger partial charge in [-0.2, -0.15) is 0 Å². The first-order valence-electron chi connectivity index (χ1n) is 10.2. The van der Waals surface area contributed by atoms with Crippen LogP contribution >= 0.6 is 0 Å². The largest absolute Gasteiger partial charge is 0.422 e. The molecule has 0 aromatic carbocycles. The monoisotopic (exact) mass is 394 g/mol. The average molecular weight is 395 g/mol. The Bertz CT molecular complexity index is 256. The van der Waals surface area contributed by atoms with Crippen LogP contribution in [0.2, 0.25) is 5.54 Å². The topological polar surface area (TPSA) is 79.7 Å². The van der Waals surface area contributed by atoms with E-state index in [1.54, 1.807) is 0 Å². The predicted octanol–water partition coefficient (Wildman–Crippen LogP) is 2.38. The second kappa shape index (κ2) is 19.0. The minimum atomic E-state index is -1.42. The zero-order valence-electron chi connectivity index (χ0n) is 17.8. The van der Waals surface area contributed by atoms with Gasteiger partial charge in [-0.3, -0.25) is 0 Å². The molecule has 7 heteroatoms. The lowest BCUT2D eigenvalue weighted by Crippen LogP contribution is -2.30. The van der Waals surface area contributed by atoms with E-state index in [0.29, 0.717) is 5.54 Å². The highest BCUT2D eigenvalue weighted by Gasteiger charge is 2.23. The molecule has 25 heavy (non-hydrogen) atoms. The van der Waals surface area contributed by atoms with Crippen LogP contribution in [0.3, 0.4) is 0 Å². The normalized spacial score (nSPS) is 13.0. The fourth-order valence-electron chi connectivity index (χ4n) is 2.87. The zero-order chi connectivity index (χ0) is 19.6. The molecule has 5 nitrogen and oxygen atoms in total. The van der Waals surface area contributed by atoms with E-state index < -0.39 is 9.28 Å². The molecule has 1 unspecified atom stereocenters. The highest BCUT2D eigenvalue weighted by Crippen LogP contribution is 2.25. The molecule has 0 saturated carbocycles. The zero-order valence-corrected chi connectivity index (χ0v) is 21.0. The van der Waals surface area contributed by atoms with Crippen LogP contribution in [0.5, 0.6) is 0 Å². The molecule has 0 bridgehead atoms. The van der Waals surface area contributed by atoms with Crippen LogP contribution in [0.15, 0.2) is 0 Å². The molecular weight excluding hydrogens is 348 g/mol. The molecule has 154 valence electrons. The third-order valence-electron chi connectivity index (χ3n) is 4.80. The third kappa shape index (κ3) is 14.0. The minimum absolute atomic E-state index is 0.182. The van der Waals surface area contributed by atoms with E-state index in [4.69, 9.17) is 24.7 Å². The maximum Gasteiger partial charge on any atom is 0.324 e. The molecule has 0 saturated heterocycles. The molecule has 0 aromatic rings. The minimum Gasteiger partial charge on any atom is -0.422 e. The lowest BCUT2D eigenvalue weighted by atomic mass is 9.91. The lowest BCUT2D eigenvalue weighted by Gasteiger charge is -2.31. The Balaban J connectivity index is 0. The molecule has 0 rings (SSSR count). The number of unbranched alkanes of at least 4 members (excludes halogenated alkanes) is 1. The molecule has 0 aliphatic carbocycles. The Hall–Kier alpha value is 0.234. The standard InChI is InChI=1S/C9H23NO2Si.C9H23NOSi/c1-4-11-13(12-5-2)9(3)7-6-8-10;1-3-9(4-2,11-12)7-5-6-8-10/h9,13H,4-8,10H2,1-3H3;3-8,10H2,1-2,12H3. The average Bonchev–Trinajstić information content (AvgIpc) is 2.64. The van der Waals surface area contributed by atoms with Crippen molar-refractivity contribution in [3.05, 3.63) is 0 Å². The maximum atomic E-state index is 5.68. The van der Waals surface area contributed by atoms with Crippen molar-refractivity contribution in [1.82, 2.24) is 0 Å². The first-order valence-corrected chi connectivity index (χ1v) is 12.6. The summed E-state index contributed by atoms with van der Waals surface area (Å²) in [6, 6.07) is 0. The molecule has 0 radical (unpaired) electrons. The van der Waals surface area contributed by atoms with Crippen LogP contribution in [0.25, 0.3) is 0 Å². The van der Waals surface area contributed by atoms with E-state index in [0.717, 1.165) is 68.9 Å². The van der Waals surface area contributed by atoms with Gasteiger partial charge in [0.25, 0.3) is 0 Å². The van der Waals surface area contributed by atoms with Crippen molar-refractivity contribution in [3.63, 3.8) is 0 Å². The van der Waals surface area contributed by atoms with Gasteiger partial charge >= 0.3 is 9.28 Å². The lowest BCUT2D eigenvalue weighted by molar-refractivity contribution is 0.0587. The van der Waals surface area contributed by atoms with Crippen molar-refractivity contribution in [2.75, 3.05) is 26.3 Å². The van der Waals surface area contributed by atoms with Crippen LogP contribution in [0.4, 0.5) is 0 Å². The van der Waals surface area contributed by atoms with E-state index in [-0.39, 0.29) is 5.60 Å². The van der Waals surface area contributed by atoms with Gasteiger partial charge in [-0.15, -0.1) is 0 Å². The Morgan fingerprint density at radius 2 is 1.44 bits per heavy atom. The van der Waals surface area contributed by atoms with Crippen LogP contribution in [-0.2, 0) is 13.3 Å². The Morgan fingerprint density at radius 3 is 1.80 bits per heavy atom. The Kier molecular flexibility index (Phi) is 20.9. The number of rotatable bonds is 15. The SMILES string of the molecule is CCC(CC)(CCCCN)O[SiH3].CCO[SiH](OCC)C(C)CCCN. The molecule has 0 aromatic heterocycles. The van der Waals surface area contributed by atoms with Crippen molar-refractivity contribution in [2.24, 2.45) is 11.5 Å². The highest BCUT2D eigenvalue weighted by molar-refractivity contribution is 6.46. The van der Waals surface area contributed by atoms with E-state index in [1.807, 2.05) is 13.8 Å². The van der Waals surface area contributed by atoms with Gasteiger partial charge in [0.15, 0.2) is 0 Å².